The minimum atomic E-state index is -0.877. The zero-order valence-corrected chi connectivity index (χ0v) is 18.9. The van der Waals surface area contributed by atoms with Crippen molar-refractivity contribution in [3.05, 3.63) is 52.1 Å². The van der Waals surface area contributed by atoms with E-state index in [1.165, 1.54) is 16.7 Å². The van der Waals surface area contributed by atoms with Crippen LogP contribution in [-0.2, 0) is 15.1 Å². The molecule has 3 rings (SSSR count). The molecule has 30 heavy (non-hydrogen) atoms. The fourth-order valence-corrected chi connectivity index (χ4v) is 4.19. The Bertz CT molecular complexity index is 852. The van der Waals surface area contributed by atoms with Gasteiger partial charge in [-0.2, -0.15) is 0 Å². The lowest BCUT2D eigenvalue weighted by molar-refractivity contribution is -0.0293. The molecule has 5 nitrogen and oxygen atoms in total. The van der Waals surface area contributed by atoms with Gasteiger partial charge in [-0.25, -0.2) is 0 Å². The highest BCUT2D eigenvalue weighted by atomic mass is 16.6. The molecule has 2 unspecified atom stereocenters. The van der Waals surface area contributed by atoms with Crippen LogP contribution in [0.4, 0.5) is 0 Å². The van der Waals surface area contributed by atoms with Crippen molar-refractivity contribution in [3.63, 3.8) is 0 Å². The first kappa shape index (κ1) is 22.8. The summed E-state index contributed by atoms with van der Waals surface area (Å²) in [4.78, 5) is 0. The molecule has 164 valence electrons. The predicted molar refractivity (Wildman–Crippen MR) is 118 cm³/mol. The summed E-state index contributed by atoms with van der Waals surface area (Å²) < 4.78 is 17.2. The number of epoxide rings is 1. The topological polar surface area (TPSA) is 71.5 Å². The van der Waals surface area contributed by atoms with Crippen molar-refractivity contribution < 1.29 is 24.4 Å². The molecule has 1 fully saturated rings. The number of aliphatic hydroxyl groups excluding tert-OH is 2. The Kier molecular flexibility index (Phi) is 6.88. The van der Waals surface area contributed by atoms with E-state index in [-0.39, 0.29) is 24.9 Å². The Hall–Kier alpha value is -1.92. The Balaban J connectivity index is 1.87. The fourth-order valence-electron chi connectivity index (χ4n) is 4.19. The van der Waals surface area contributed by atoms with Crippen LogP contribution >= 0.6 is 0 Å². The molecule has 0 bridgehead atoms. The minimum absolute atomic E-state index is 0.0748. The summed E-state index contributed by atoms with van der Waals surface area (Å²) in [7, 11) is 0. The van der Waals surface area contributed by atoms with Crippen LogP contribution < -0.4 is 4.74 Å². The highest BCUT2D eigenvalue weighted by Crippen LogP contribution is 2.36. The van der Waals surface area contributed by atoms with E-state index < -0.39 is 6.10 Å². The van der Waals surface area contributed by atoms with E-state index in [4.69, 9.17) is 19.3 Å². The van der Waals surface area contributed by atoms with Gasteiger partial charge in [0.2, 0.25) is 0 Å². The van der Waals surface area contributed by atoms with Gasteiger partial charge in [0.15, 0.2) is 0 Å². The highest BCUT2D eigenvalue weighted by molar-refractivity contribution is 5.70. The van der Waals surface area contributed by atoms with Gasteiger partial charge in [-0.15, -0.1) is 0 Å². The van der Waals surface area contributed by atoms with E-state index in [0.717, 1.165) is 34.6 Å². The minimum Gasteiger partial charge on any atom is -0.490 e. The summed E-state index contributed by atoms with van der Waals surface area (Å²) in [5.74, 6) is 0.758. The van der Waals surface area contributed by atoms with Crippen molar-refractivity contribution in [2.45, 2.75) is 59.4 Å². The normalized spacial score (nSPS) is 17.1. The Morgan fingerprint density at radius 1 is 1.00 bits per heavy atom. The van der Waals surface area contributed by atoms with Crippen LogP contribution in [0.2, 0.25) is 0 Å². The molecule has 5 heteroatoms. The third-order valence-corrected chi connectivity index (χ3v) is 5.59. The molecule has 2 aromatic carbocycles. The molecule has 1 aliphatic rings. The maximum Gasteiger partial charge on any atom is 0.125 e. The van der Waals surface area contributed by atoms with Gasteiger partial charge in [0.25, 0.3) is 0 Å². The lowest BCUT2D eigenvalue weighted by atomic mass is 9.86. The summed E-state index contributed by atoms with van der Waals surface area (Å²) in [6.45, 7) is 13.7. The van der Waals surface area contributed by atoms with Gasteiger partial charge in [0, 0.05) is 0 Å². The summed E-state index contributed by atoms with van der Waals surface area (Å²) >= 11 is 0. The standard InChI is InChI=1S/C25H34O5/c1-15-7-19(8-16(2)23(15)25(5,6)30-14-22-13-28-22)20-9-17(3)24(18(4)10-20)29-12-21(27)11-26/h7-10,21-22,26-27H,11-14H2,1-6H3. The molecular weight excluding hydrogens is 380 g/mol. The molecular formula is C25H34O5. The smallest absolute Gasteiger partial charge is 0.125 e. The van der Waals surface area contributed by atoms with Crippen molar-refractivity contribution in [2.24, 2.45) is 0 Å². The monoisotopic (exact) mass is 414 g/mol. The lowest BCUT2D eigenvalue weighted by Gasteiger charge is -2.30. The zero-order chi connectivity index (χ0) is 22.1. The first-order valence-corrected chi connectivity index (χ1v) is 10.5. The summed E-state index contributed by atoms with van der Waals surface area (Å²) in [5.41, 5.74) is 7.53. The molecule has 0 aromatic heterocycles. The van der Waals surface area contributed by atoms with Crippen LogP contribution in [0, 0.1) is 27.7 Å². The second kappa shape index (κ2) is 9.06. The number of rotatable bonds is 9. The zero-order valence-electron chi connectivity index (χ0n) is 18.9. The number of hydrogen-bond acceptors (Lipinski definition) is 5. The van der Waals surface area contributed by atoms with Crippen LogP contribution in [-0.4, -0.2) is 48.8 Å². The van der Waals surface area contributed by atoms with E-state index in [1.54, 1.807) is 0 Å². The van der Waals surface area contributed by atoms with Crippen molar-refractivity contribution in [3.8, 4) is 16.9 Å². The predicted octanol–water partition coefficient (Wildman–Crippen LogP) is 3.97. The van der Waals surface area contributed by atoms with E-state index >= 15 is 0 Å². The molecule has 0 amide bonds. The van der Waals surface area contributed by atoms with Gasteiger partial charge in [-0.1, -0.05) is 12.1 Å². The van der Waals surface area contributed by atoms with E-state index in [1.807, 2.05) is 13.8 Å². The van der Waals surface area contributed by atoms with E-state index in [9.17, 15) is 5.11 Å². The van der Waals surface area contributed by atoms with Crippen molar-refractivity contribution in [2.75, 3.05) is 26.4 Å². The van der Waals surface area contributed by atoms with E-state index in [2.05, 4.69) is 52.0 Å². The van der Waals surface area contributed by atoms with Gasteiger partial charge >= 0.3 is 0 Å². The number of aryl methyl sites for hydroxylation is 4. The molecule has 1 heterocycles. The fraction of sp³-hybridized carbons (Fsp3) is 0.520. The molecule has 0 saturated carbocycles. The lowest BCUT2D eigenvalue weighted by Crippen LogP contribution is -2.26. The average Bonchev–Trinajstić information content (AvgIpc) is 3.49. The quantitative estimate of drug-likeness (QED) is 0.608. The first-order valence-electron chi connectivity index (χ1n) is 10.5. The van der Waals surface area contributed by atoms with Crippen LogP contribution in [0.1, 0.15) is 41.7 Å². The third-order valence-electron chi connectivity index (χ3n) is 5.59. The number of aliphatic hydroxyl groups is 2. The largest absolute Gasteiger partial charge is 0.490 e. The summed E-state index contributed by atoms with van der Waals surface area (Å²) in [6, 6.07) is 8.64. The van der Waals surface area contributed by atoms with E-state index in [0.29, 0.717) is 6.61 Å². The number of ether oxygens (including phenoxy) is 3. The highest BCUT2D eigenvalue weighted by Gasteiger charge is 2.30. The number of benzene rings is 2. The van der Waals surface area contributed by atoms with Crippen molar-refractivity contribution in [1.82, 2.24) is 0 Å². The second-order valence-corrected chi connectivity index (χ2v) is 8.85. The van der Waals surface area contributed by atoms with Gasteiger partial charge in [-0.3, -0.25) is 0 Å². The van der Waals surface area contributed by atoms with Crippen LogP contribution in [0.25, 0.3) is 11.1 Å². The molecule has 2 N–H and O–H groups in total. The van der Waals surface area contributed by atoms with Crippen molar-refractivity contribution >= 4 is 0 Å². The molecule has 0 aliphatic carbocycles. The Morgan fingerprint density at radius 3 is 1.97 bits per heavy atom. The summed E-state index contributed by atoms with van der Waals surface area (Å²) in [5, 5.41) is 18.6. The Labute approximate surface area is 179 Å². The molecule has 2 aromatic rings. The molecule has 1 saturated heterocycles. The molecule has 1 aliphatic heterocycles. The van der Waals surface area contributed by atoms with Crippen LogP contribution in [0.3, 0.4) is 0 Å². The maximum atomic E-state index is 9.57. The van der Waals surface area contributed by atoms with Crippen molar-refractivity contribution in [1.29, 1.82) is 0 Å². The molecule has 0 spiro atoms. The Morgan fingerprint density at radius 2 is 1.50 bits per heavy atom. The first-order chi connectivity index (χ1) is 14.1. The van der Waals surface area contributed by atoms with Gasteiger partial charge in [-0.05, 0) is 92.6 Å². The van der Waals surface area contributed by atoms with Gasteiger partial charge in [0.1, 0.15) is 24.6 Å². The summed E-state index contributed by atoms with van der Waals surface area (Å²) in [6.07, 6.45) is -0.632. The van der Waals surface area contributed by atoms with Gasteiger partial charge in [0.05, 0.1) is 25.4 Å². The SMILES string of the molecule is Cc1cc(-c2cc(C)c(C(C)(C)OCC3CO3)c(C)c2)cc(C)c1OCC(O)CO. The van der Waals surface area contributed by atoms with Gasteiger partial charge < -0.3 is 24.4 Å². The second-order valence-electron chi connectivity index (χ2n) is 8.85. The van der Waals surface area contributed by atoms with Crippen LogP contribution in [0.15, 0.2) is 24.3 Å². The number of hydrogen-bond donors (Lipinski definition) is 2. The third kappa shape index (κ3) is 5.22. The van der Waals surface area contributed by atoms with Crippen LogP contribution in [0.5, 0.6) is 5.75 Å². The average molecular weight is 415 g/mol. The maximum absolute atomic E-state index is 9.57. The molecule has 2 atom stereocenters. The molecule has 0 radical (unpaired) electrons.